The zero-order valence-corrected chi connectivity index (χ0v) is 10.5. The highest BCUT2D eigenvalue weighted by Gasteiger charge is 2.21. The Bertz CT molecular complexity index is 554. The van der Waals surface area contributed by atoms with Crippen LogP contribution in [0.3, 0.4) is 0 Å². The van der Waals surface area contributed by atoms with Gasteiger partial charge in [-0.3, -0.25) is 0 Å². The molecule has 100 valence electrons. The van der Waals surface area contributed by atoms with Crippen LogP contribution in [0.1, 0.15) is 17.4 Å². The van der Waals surface area contributed by atoms with Crippen LogP contribution in [-0.2, 0) is 11.3 Å². The lowest BCUT2D eigenvalue weighted by Gasteiger charge is -2.06. The van der Waals surface area contributed by atoms with E-state index in [4.69, 9.17) is 4.74 Å². The van der Waals surface area contributed by atoms with Crippen LogP contribution in [0.2, 0.25) is 0 Å². The van der Waals surface area contributed by atoms with Crippen molar-refractivity contribution in [3.8, 4) is 11.3 Å². The largest absolute Gasteiger partial charge is 0.461 e. The first kappa shape index (κ1) is 13.2. The normalized spacial score (nSPS) is 10.4. The average molecular weight is 263 g/mol. The summed E-state index contributed by atoms with van der Waals surface area (Å²) in [5.41, 5.74) is 1.35. The highest BCUT2D eigenvalue weighted by molar-refractivity contribution is 5.94. The zero-order valence-electron chi connectivity index (χ0n) is 10.5. The van der Waals surface area contributed by atoms with Crippen LogP contribution in [-0.4, -0.2) is 34.2 Å². The van der Waals surface area contributed by atoms with E-state index in [2.05, 4.69) is 10.3 Å². The summed E-state index contributed by atoms with van der Waals surface area (Å²) in [5, 5.41) is 7.61. The smallest absolute Gasteiger partial charge is 0.361 e. The molecule has 0 saturated carbocycles. The summed E-state index contributed by atoms with van der Waals surface area (Å²) in [6.45, 7) is 1.44. The number of halogens is 1. The number of aryl methyl sites for hydroxylation is 1. The lowest BCUT2D eigenvalue weighted by atomic mass is 10.1. The molecule has 2 aromatic rings. The van der Waals surface area contributed by atoms with E-state index in [9.17, 15) is 9.18 Å². The summed E-state index contributed by atoms with van der Waals surface area (Å²) < 4.78 is 18.8. The number of nitrogens with zero attached hydrogens (tertiary/aromatic N) is 3. The van der Waals surface area contributed by atoms with Crippen LogP contribution >= 0.6 is 0 Å². The molecule has 0 saturated heterocycles. The van der Waals surface area contributed by atoms with Gasteiger partial charge in [0, 0.05) is 5.56 Å². The third kappa shape index (κ3) is 2.78. The Morgan fingerprint density at radius 2 is 2.11 bits per heavy atom. The second-order valence-electron chi connectivity index (χ2n) is 3.79. The van der Waals surface area contributed by atoms with E-state index >= 15 is 0 Å². The van der Waals surface area contributed by atoms with E-state index in [0.717, 1.165) is 5.56 Å². The molecule has 0 spiro atoms. The standard InChI is InChI=1S/C13H14FN3O2/c1-2-19-13(18)11-12(10-6-4-3-5-7-10)17(9-8-14)16-15-11/h3-7H,2,8-9H2,1H3. The molecular formula is C13H14FN3O2. The van der Waals surface area contributed by atoms with E-state index in [1.807, 2.05) is 30.3 Å². The monoisotopic (exact) mass is 263 g/mol. The second kappa shape index (κ2) is 6.08. The Kier molecular flexibility index (Phi) is 4.22. The number of hydrogen-bond acceptors (Lipinski definition) is 4. The molecule has 0 aliphatic rings. The fraction of sp³-hybridized carbons (Fsp3) is 0.308. The zero-order chi connectivity index (χ0) is 13.7. The number of aromatic nitrogens is 3. The summed E-state index contributed by atoms with van der Waals surface area (Å²) in [7, 11) is 0. The first-order chi connectivity index (χ1) is 9.27. The average Bonchev–Trinajstić information content (AvgIpc) is 2.84. The van der Waals surface area contributed by atoms with Crippen LogP contribution in [0.15, 0.2) is 30.3 Å². The summed E-state index contributed by atoms with van der Waals surface area (Å²) in [5.74, 6) is -0.550. The van der Waals surface area contributed by atoms with E-state index in [1.54, 1.807) is 6.92 Å². The highest BCUT2D eigenvalue weighted by atomic mass is 19.1. The van der Waals surface area contributed by atoms with E-state index in [0.29, 0.717) is 5.69 Å². The molecule has 5 nitrogen and oxygen atoms in total. The number of benzene rings is 1. The summed E-state index contributed by atoms with van der Waals surface area (Å²) in [6.07, 6.45) is 0. The molecule has 1 aromatic heterocycles. The minimum Gasteiger partial charge on any atom is -0.461 e. The van der Waals surface area contributed by atoms with E-state index < -0.39 is 12.6 Å². The SMILES string of the molecule is CCOC(=O)c1nnn(CCF)c1-c1ccccc1. The third-order valence-corrected chi connectivity index (χ3v) is 2.55. The van der Waals surface area contributed by atoms with Gasteiger partial charge in [-0.1, -0.05) is 35.5 Å². The molecule has 1 aromatic carbocycles. The maximum absolute atomic E-state index is 12.5. The molecule has 6 heteroatoms. The first-order valence-electron chi connectivity index (χ1n) is 6.00. The number of hydrogen-bond donors (Lipinski definition) is 0. The van der Waals surface area contributed by atoms with Gasteiger partial charge in [-0.25, -0.2) is 13.9 Å². The molecule has 0 unspecified atom stereocenters. The Labute approximate surface area is 110 Å². The van der Waals surface area contributed by atoms with Crippen molar-refractivity contribution in [1.29, 1.82) is 0 Å². The number of carbonyl (C=O) groups is 1. The Morgan fingerprint density at radius 3 is 2.74 bits per heavy atom. The molecule has 2 rings (SSSR count). The Hall–Kier alpha value is -2.24. The molecule has 0 radical (unpaired) electrons. The van der Waals surface area contributed by atoms with Crippen LogP contribution < -0.4 is 0 Å². The van der Waals surface area contributed by atoms with Gasteiger partial charge < -0.3 is 4.74 Å². The third-order valence-electron chi connectivity index (χ3n) is 2.55. The van der Waals surface area contributed by atoms with Gasteiger partial charge in [-0.05, 0) is 6.92 Å². The lowest BCUT2D eigenvalue weighted by Crippen LogP contribution is -2.09. The summed E-state index contributed by atoms with van der Waals surface area (Å²) >= 11 is 0. The van der Waals surface area contributed by atoms with Crippen molar-refractivity contribution in [3.05, 3.63) is 36.0 Å². The molecular weight excluding hydrogens is 249 g/mol. The van der Waals surface area contributed by atoms with E-state index in [-0.39, 0.29) is 18.8 Å². The van der Waals surface area contributed by atoms with Gasteiger partial charge in [0.05, 0.1) is 13.2 Å². The number of carbonyl (C=O) groups excluding carboxylic acids is 1. The first-order valence-corrected chi connectivity index (χ1v) is 6.00. The van der Waals surface area contributed by atoms with Gasteiger partial charge in [-0.15, -0.1) is 5.10 Å². The van der Waals surface area contributed by atoms with Gasteiger partial charge >= 0.3 is 5.97 Å². The van der Waals surface area contributed by atoms with Crippen LogP contribution in [0.5, 0.6) is 0 Å². The van der Waals surface area contributed by atoms with Crippen molar-refractivity contribution in [2.75, 3.05) is 13.3 Å². The van der Waals surface area contributed by atoms with Crippen LogP contribution in [0.4, 0.5) is 4.39 Å². The second-order valence-corrected chi connectivity index (χ2v) is 3.79. The topological polar surface area (TPSA) is 57.0 Å². The number of rotatable bonds is 5. The lowest BCUT2D eigenvalue weighted by molar-refractivity contribution is 0.0520. The quantitative estimate of drug-likeness (QED) is 0.775. The Morgan fingerprint density at radius 1 is 1.37 bits per heavy atom. The number of esters is 1. The molecule has 0 atom stereocenters. The van der Waals surface area contributed by atoms with Crippen molar-refractivity contribution >= 4 is 5.97 Å². The molecule has 19 heavy (non-hydrogen) atoms. The molecule has 0 fully saturated rings. The van der Waals surface area contributed by atoms with Gasteiger partial charge in [0.25, 0.3) is 0 Å². The fourth-order valence-corrected chi connectivity index (χ4v) is 1.77. The van der Waals surface area contributed by atoms with E-state index in [1.165, 1.54) is 4.68 Å². The molecule has 0 N–H and O–H groups in total. The number of alkyl halides is 1. The summed E-state index contributed by atoms with van der Waals surface area (Å²) in [6, 6.07) is 9.15. The maximum Gasteiger partial charge on any atom is 0.361 e. The minimum atomic E-state index is -0.578. The summed E-state index contributed by atoms with van der Waals surface area (Å²) in [4.78, 5) is 11.8. The van der Waals surface area contributed by atoms with Gasteiger partial charge in [0.1, 0.15) is 12.4 Å². The molecule has 1 heterocycles. The molecule has 0 amide bonds. The van der Waals surface area contributed by atoms with Crippen LogP contribution in [0.25, 0.3) is 11.3 Å². The predicted molar refractivity (Wildman–Crippen MR) is 67.4 cm³/mol. The van der Waals surface area contributed by atoms with Crippen molar-refractivity contribution in [2.45, 2.75) is 13.5 Å². The van der Waals surface area contributed by atoms with Crippen molar-refractivity contribution in [1.82, 2.24) is 15.0 Å². The van der Waals surface area contributed by atoms with Crippen molar-refractivity contribution in [2.24, 2.45) is 0 Å². The predicted octanol–water partition coefficient (Wildman–Crippen LogP) is 2.09. The van der Waals surface area contributed by atoms with Crippen LogP contribution in [0, 0.1) is 0 Å². The molecule has 0 aliphatic heterocycles. The van der Waals surface area contributed by atoms with Gasteiger partial charge in [0.15, 0.2) is 5.69 Å². The maximum atomic E-state index is 12.5. The van der Waals surface area contributed by atoms with Crippen molar-refractivity contribution in [3.63, 3.8) is 0 Å². The highest BCUT2D eigenvalue weighted by Crippen LogP contribution is 2.22. The minimum absolute atomic E-state index is 0.0522. The van der Waals surface area contributed by atoms with Gasteiger partial charge in [0.2, 0.25) is 0 Å². The molecule has 0 aliphatic carbocycles. The van der Waals surface area contributed by atoms with Crippen molar-refractivity contribution < 1.29 is 13.9 Å². The Balaban J connectivity index is 2.48. The number of ether oxygens (including phenoxy) is 1. The van der Waals surface area contributed by atoms with Gasteiger partial charge in [-0.2, -0.15) is 0 Å². The molecule has 0 bridgehead atoms. The fourth-order valence-electron chi connectivity index (χ4n) is 1.77.